The first kappa shape index (κ1) is 17.9. The van der Waals surface area contributed by atoms with E-state index in [0.29, 0.717) is 27.5 Å². The Balaban J connectivity index is 1.76. The van der Waals surface area contributed by atoms with Crippen LogP contribution < -0.4 is 15.6 Å². The monoisotopic (exact) mass is 371 g/mol. The molecule has 7 heteroatoms. The average Bonchev–Trinajstić information content (AvgIpc) is 2.63. The lowest BCUT2D eigenvalue weighted by molar-refractivity contribution is -0.123. The van der Waals surface area contributed by atoms with E-state index in [4.69, 9.17) is 16.3 Å². The van der Waals surface area contributed by atoms with Crippen molar-refractivity contribution < 1.29 is 9.53 Å². The van der Waals surface area contributed by atoms with Crippen molar-refractivity contribution >= 4 is 28.4 Å². The Morgan fingerprint density at radius 2 is 2.00 bits per heavy atom. The van der Waals surface area contributed by atoms with Crippen LogP contribution in [0.15, 0.2) is 53.3 Å². The van der Waals surface area contributed by atoms with Gasteiger partial charge in [-0.3, -0.25) is 14.2 Å². The molecule has 0 fully saturated rings. The predicted octanol–water partition coefficient (Wildman–Crippen LogP) is 2.84. The Hall–Kier alpha value is -2.86. The second-order valence-corrected chi connectivity index (χ2v) is 6.32. The van der Waals surface area contributed by atoms with E-state index in [9.17, 15) is 9.59 Å². The van der Waals surface area contributed by atoms with Gasteiger partial charge in [-0.25, -0.2) is 4.98 Å². The number of para-hydroxylation sites is 1. The lowest BCUT2D eigenvalue weighted by Crippen LogP contribution is -2.35. The fourth-order valence-corrected chi connectivity index (χ4v) is 2.83. The first-order valence-electron chi connectivity index (χ1n) is 8.09. The molecule has 2 aromatic carbocycles. The van der Waals surface area contributed by atoms with Crippen molar-refractivity contribution in [3.05, 3.63) is 69.7 Å². The van der Waals surface area contributed by atoms with Gasteiger partial charge < -0.3 is 10.1 Å². The summed E-state index contributed by atoms with van der Waals surface area (Å²) in [5.74, 6) is 0.751. The van der Waals surface area contributed by atoms with Crippen LogP contribution in [0.2, 0.25) is 5.02 Å². The van der Waals surface area contributed by atoms with Crippen molar-refractivity contribution in [2.24, 2.45) is 7.05 Å². The van der Waals surface area contributed by atoms with Gasteiger partial charge in [0.2, 0.25) is 0 Å². The predicted molar refractivity (Wildman–Crippen MR) is 100 cm³/mol. The quantitative estimate of drug-likeness (QED) is 0.748. The molecule has 1 atom stereocenters. The van der Waals surface area contributed by atoms with Crippen molar-refractivity contribution in [1.29, 1.82) is 0 Å². The summed E-state index contributed by atoms with van der Waals surface area (Å²) in [6.45, 7) is 1.64. The summed E-state index contributed by atoms with van der Waals surface area (Å²) >= 11 is 5.99. The highest BCUT2D eigenvalue weighted by Crippen LogP contribution is 2.17. The minimum absolute atomic E-state index is 0.123. The second-order valence-electron chi connectivity index (χ2n) is 5.89. The van der Waals surface area contributed by atoms with Crippen LogP contribution >= 0.6 is 11.6 Å². The normalized spacial score (nSPS) is 12.0. The number of fused-ring (bicyclic) bond motifs is 1. The van der Waals surface area contributed by atoms with Gasteiger partial charge in [-0.2, -0.15) is 0 Å². The van der Waals surface area contributed by atoms with E-state index >= 15 is 0 Å². The number of amides is 1. The summed E-state index contributed by atoms with van der Waals surface area (Å²) in [6, 6.07) is 13.5. The van der Waals surface area contributed by atoms with Gasteiger partial charge in [0.05, 0.1) is 16.9 Å². The number of carbonyl (C=O) groups is 1. The molecular weight excluding hydrogens is 354 g/mol. The van der Waals surface area contributed by atoms with E-state index in [1.165, 1.54) is 4.57 Å². The summed E-state index contributed by atoms with van der Waals surface area (Å²) in [7, 11) is 1.63. The summed E-state index contributed by atoms with van der Waals surface area (Å²) in [6.07, 6.45) is 0. The fourth-order valence-electron chi connectivity index (χ4n) is 2.66. The van der Waals surface area contributed by atoms with Gasteiger partial charge in [0.25, 0.3) is 11.5 Å². The molecule has 0 aliphatic heterocycles. The molecule has 0 unspecified atom stereocenters. The third kappa shape index (κ3) is 3.86. The minimum atomic E-state index is -0.469. The molecule has 0 saturated heterocycles. The Kier molecular flexibility index (Phi) is 5.23. The van der Waals surface area contributed by atoms with Crippen LogP contribution in [0.5, 0.6) is 5.75 Å². The van der Waals surface area contributed by atoms with Crippen LogP contribution in [0.3, 0.4) is 0 Å². The zero-order valence-corrected chi connectivity index (χ0v) is 15.2. The van der Waals surface area contributed by atoms with Gasteiger partial charge in [0.15, 0.2) is 6.61 Å². The number of nitrogens with one attached hydrogen (secondary N) is 1. The number of ether oxygens (including phenoxy) is 1. The van der Waals surface area contributed by atoms with Crippen LogP contribution in [-0.2, 0) is 11.8 Å². The molecule has 0 radical (unpaired) electrons. The standard InChI is InChI=1S/C19H18ClN3O3/c1-12(21-17(24)11-26-14-6-4-3-5-7-14)18-22-16-10-13(20)8-9-15(16)19(25)23(18)2/h3-10,12H,11H2,1-2H3,(H,21,24)/t12-/m1/s1. The largest absolute Gasteiger partial charge is 0.484 e. The summed E-state index contributed by atoms with van der Waals surface area (Å²) in [5.41, 5.74) is 0.306. The molecule has 26 heavy (non-hydrogen) atoms. The maximum absolute atomic E-state index is 12.5. The highest BCUT2D eigenvalue weighted by Gasteiger charge is 2.17. The Morgan fingerprint density at radius 3 is 2.73 bits per heavy atom. The maximum atomic E-state index is 12.5. The van der Waals surface area contributed by atoms with Crippen molar-refractivity contribution in [3.63, 3.8) is 0 Å². The molecule has 3 rings (SSSR count). The summed E-state index contributed by atoms with van der Waals surface area (Å²) in [4.78, 5) is 29.1. The minimum Gasteiger partial charge on any atom is -0.484 e. The fraction of sp³-hybridized carbons (Fsp3) is 0.211. The molecule has 3 aromatic rings. The molecule has 6 nitrogen and oxygen atoms in total. The van der Waals surface area contributed by atoms with Gasteiger partial charge in [-0.15, -0.1) is 0 Å². The highest BCUT2D eigenvalue weighted by atomic mass is 35.5. The Labute approximate surface area is 155 Å². The first-order chi connectivity index (χ1) is 12.5. The Bertz CT molecular complexity index is 1000. The second kappa shape index (κ2) is 7.58. The number of hydrogen-bond acceptors (Lipinski definition) is 4. The van der Waals surface area contributed by atoms with Crippen molar-refractivity contribution in [3.8, 4) is 5.75 Å². The Morgan fingerprint density at radius 1 is 1.27 bits per heavy atom. The third-order valence-electron chi connectivity index (χ3n) is 3.95. The third-order valence-corrected chi connectivity index (χ3v) is 4.19. The topological polar surface area (TPSA) is 73.2 Å². The number of rotatable bonds is 5. The van der Waals surface area contributed by atoms with Crippen molar-refractivity contribution in [2.45, 2.75) is 13.0 Å². The molecule has 1 aromatic heterocycles. The van der Waals surface area contributed by atoms with Gasteiger partial charge in [0, 0.05) is 12.1 Å². The number of nitrogens with zero attached hydrogens (tertiary/aromatic N) is 2. The van der Waals surface area contributed by atoms with Gasteiger partial charge in [-0.1, -0.05) is 29.8 Å². The van der Waals surface area contributed by atoms with Crippen LogP contribution in [0, 0.1) is 0 Å². The molecule has 134 valence electrons. The lowest BCUT2D eigenvalue weighted by atomic mass is 10.2. The number of aromatic nitrogens is 2. The maximum Gasteiger partial charge on any atom is 0.261 e. The SMILES string of the molecule is C[C@@H](NC(=O)COc1ccccc1)c1nc2cc(Cl)ccc2c(=O)n1C. The first-order valence-corrected chi connectivity index (χ1v) is 8.47. The molecule has 1 N–H and O–H groups in total. The van der Waals surface area contributed by atoms with Gasteiger partial charge in [0.1, 0.15) is 11.6 Å². The molecule has 1 heterocycles. The van der Waals surface area contributed by atoms with Gasteiger partial charge >= 0.3 is 0 Å². The molecular formula is C19H18ClN3O3. The molecule has 0 aliphatic carbocycles. The summed E-state index contributed by atoms with van der Waals surface area (Å²) in [5, 5.41) is 3.77. The van der Waals surface area contributed by atoms with E-state index in [-0.39, 0.29) is 18.1 Å². The lowest BCUT2D eigenvalue weighted by Gasteiger charge is -2.17. The van der Waals surface area contributed by atoms with Crippen molar-refractivity contribution in [2.75, 3.05) is 6.61 Å². The average molecular weight is 372 g/mol. The van der Waals surface area contributed by atoms with Gasteiger partial charge in [-0.05, 0) is 37.3 Å². The van der Waals surface area contributed by atoms with E-state index in [1.54, 1.807) is 44.3 Å². The van der Waals surface area contributed by atoms with E-state index < -0.39 is 6.04 Å². The van der Waals surface area contributed by atoms with E-state index in [1.807, 2.05) is 18.2 Å². The van der Waals surface area contributed by atoms with Crippen LogP contribution in [0.1, 0.15) is 18.8 Å². The number of carbonyl (C=O) groups excluding carboxylic acids is 1. The van der Waals surface area contributed by atoms with Crippen molar-refractivity contribution in [1.82, 2.24) is 14.9 Å². The molecule has 0 spiro atoms. The number of hydrogen-bond donors (Lipinski definition) is 1. The summed E-state index contributed by atoms with van der Waals surface area (Å²) < 4.78 is 6.86. The highest BCUT2D eigenvalue weighted by molar-refractivity contribution is 6.31. The number of halogens is 1. The van der Waals surface area contributed by atoms with E-state index in [0.717, 1.165) is 0 Å². The molecule has 1 amide bonds. The smallest absolute Gasteiger partial charge is 0.261 e. The van der Waals surface area contributed by atoms with Crippen LogP contribution in [0.4, 0.5) is 0 Å². The van der Waals surface area contributed by atoms with E-state index in [2.05, 4.69) is 10.3 Å². The van der Waals surface area contributed by atoms with Crippen LogP contribution in [-0.4, -0.2) is 22.1 Å². The van der Waals surface area contributed by atoms with Crippen LogP contribution in [0.25, 0.3) is 10.9 Å². The zero-order chi connectivity index (χ0) is 18.7. The molecule has 0 aliphatic rings. The molecule has 0 saturated carbocycles. The number of benzene rings is 2. The molecule has 0 bridgehead atoms. The zero-order valence-electron chi connectivity index (χ0n) is 14.4.